The van der Waals surface area contributed by atoms with Gasteiger partial charge in [0.15, 0.2) is 0 Å². The SMILES string of the molecule is Cl.O=CN[C@@H]1NC[C@@H](S)C1c1ccccc1C(=O)O. The van der Waals surface area contributed by atoms with Crippen molar-refractivity contribution < 1.29 is 14.7 Å². The summed E-state index contributed by atoms with van der Waals surface area (Å²) in [5, 5.41) is 14.9. The molecule has 0 bridgehead atoms. The molecule has 3 N–H and O–H groups in total. The smallest absolute Gasteiger partial charge is 0.335 e. The molecule has 1 unspecified atom stereocenters. The van der Waals surface area contributed by atoms with E-state index in [1.807, 2.05) is 0 Å². The molecule has 0 aliphatic carbocycles. The molecule has 1 aliphatic rings. The second-order valence-electron chi connectivity index (χ2n) is 4.16. The lowest BCUT2D eigenvalue weighted by Gasteiger charge is -2.23. The first-order valence-corrected chi connectivity index (χ1v) is 6.10. The Morgan fingerprint density at radius 1 is 1.47 bits per heavy atom. The second kappa shape index (κ2) is 6.79. The van der Waals surface area contributed by atoms with Crippen LogP contribution in [-0.4, -0.2) is 35.4 Å². The molecule has 0 aromatic heterocycles. The maximum atomic E-state index is 11.2. The van der Waals surface area contributed by atoms with Crippen molar-refractivity contribution >= 4 is 37.4 Å². The van der Waals surface area contributed by atoms with Gasteiger partial charge in [0.1, 0.15) is 0 Å². The third kappa shape index (κ3) is 3.20. The molecule has 1 saturated heterocycles. The number of hydrogen-bond acceptors (Lipinski definition) is 4. The Bertz CT molecular complexity index is 472. The van der Waals surface area contributed by atoms with E-state index in [9.17, 15) is 14.7 Å². The average molecular weight is 303 g/mol. The van der Waals surface area contributed by atoms with Gasteiger partial charge < -0.3 is 10.4 Å². The van der Waals surface area contributed by atoms with Gasteiger partial charge in [-0.15, -0.1) is 12.4 Å². The molecule has 1 heterocycles. The van der Waals surface area contributed by atoms with E-state index >= 15 is 0 Å². The first-order chi connectivity index (χ1) is 8.65. The molecular formula is C12H15ClN2O3S. The van der Waals surface area contributed by atoms with Gasteiger partial charge >= 0.3 is 5.97 Å². The van der Waals surface area contributed by atoms with Gasteiger partial charge in [0.2, 0.25) is 6.41 Å². The standard InChI is InChI=1S/C12H14N2O3S.ClH/c15-6-14-11-10(9(18)5-13-11)7-3-1-2-4-8(7)12(16)17;/h1-4,6,9-11,13,18H,5H2,(H,14,15)(H,16,17);1H/t9-,10?,11+;/m1./s1. The zero-order valence-corrected chi connectivity index (χ0v) is 11.7. The number of carboxylic acid groups (broad SMARTS) is 1. The van der Waals surface area contributed by atoms with Crippen LogP contribution in [-0.2, 0) is 4.79 Å². The average Bonchev–Trinajstić information content (AvgIpc) is 2.71. The van der Waals surface area contributed by atoms with Crippen LogP contribution >= 0.6 is 25.0 Å². The number of amides is 1. The summed E-state index contributed by atoms with van der Waals surface area (Å²) in [6, 6.07) is 6.81. The predicted molar refractivity (Wildman–Crippen MR) is 77.2 cm³/mol. The van der Waals surface area contributed by atoms with E-state index in [0.29, 0.717) is 18.5 Å². The summed E-state index contributed by atoms with van der Waals surface area (Å²) in [6.45, 7) is 0.618. The van der Waals surface area contributed by atoms with E-state index in [-0.39, 0.29) is 35.3 Å². The van der Waals surface area contributed by atoms with Crippen LogP contribution in [0.5, 0.6) is 0 Å². The van der Waals surface area contributed by atoms with Crippen molar-refractivity contribution in [3.63, 3.8) is 0 Å². The predicted octanol–water partition coefficient (Wildman–Crippen LogP) is 0.864. The fourth-order valence-electron chi connectivity index (χ4n) is 2.33. The lowest BCUT2D eigenvalue weighted by atomic mass is 9.91. The number of halogens is 1. The van der Waals surface area contributed by atoms with Crippen LogP contribution in [0.25, 0.3) is 0 Å². The van der Waals surface area contributed by atoms with Crippen LogP contribution in [0.1, 0.15) is 21.8 Å². The number of carbonyl (C=O) groups is 2. The highest BCUT2D eigenvalue weighted by Crippen LogP contribution is 2.32. The van der Waals surface area contributed by atoms with E-state index in [1.54, 1.807) is 24.3 Å². The van der Waals surface area contributed by atoms with E-state index in [0.717, 1.165) is 0 Å². The van der Waals surface area contributed by atoms with Crippen molar-refractivity contribution in [2.45, 2.75) is 17.3 Å². The minimum Gasteiger partial charge on any atom is -0.478 e. The van der Waals surface area contributed by atoms with Crippen molar-refractivity contribution in [2.75, 3.05) is 6.54 Å². The van der Waals surface area contributed by atoms with Gasteiger partial charge in [-0.3, -0.25) is 10.1 Å². The third-order valence-electron chi connectivity index (χ3n) is 3.12. The Morgan fingerprint density at radius 2 is 2.16 bits per heavy atom. The highest BCUT2D eigenvalue weighted by atomic mass is 35.5. The summed E-state index contributed by atoms with van der Waals surface area (Å²) in [6.07, 6.45) is 0.324. The lowest BCUT2D eigenvalue weighted by Crippen LogP contribution is -2.40. The highest BCUT2D eigenvalue weighted by molar-refractivity contribution is 7.81. The quantitative estimate of drug-likeness (QED) is 0.491. The molecule has 1 aliphatic heterocycles. The zero-order chi connectivity index (χ0) is 13.1. The van der Waals surface area contributed by atoms with Crippen molar-refractivity contribution in [1.82, 2.24) is 10.6 Å². The van der Waals surface area contributed by atoms with Crippen molar-refractivity contribution in [2.24, 2.45) is 0 Å². The number of carbonyl (C=O) groups excluding carboxylic acids is 1. The summed E-state index contributed by atoms with van der Waals surface area (Å²) in [5.74, 6) is -1.13. The summed E-state index contributed by atoms with van der Waals surface area (Å²) in [5.41, 5.74) is 0.942. The molecule has 1 aromatic carbocycles. The van der Waals surface area contributed by atoms with Gasteiger partial charge in [-0.1, -0.05) is 18.2 Å². The zero-order valence-electron chi connectivity index (χ0n) is 9.95. The minimum atomic E-state index is -0.970. The Hall–Kier alpha value is -1.24. The molecular weight excluding hydrogens is 288 g/mol. The molecule has 19 heavy (non-hydrogen) atoms. The van der Waals surface area contributed by atoms with Gasteiger partial charge in [-0.2, -0.15) is 12.6 Å². The Labute approximate surface area is 122 Å². The molecule has 0 saturated carbocycles. The number of hydrogen-bond donors (Lipinski definition) is 4. The lowest BCUT2D eigenvalue weighted by molar-refractivity contribution is -0.110. The molecule has 3 atom stereocenters. The summed E-state index contributed by atoms with van der Waals surface area (Å²) in [4.78, 5) is 21.8. The number of benzene rings is 1. The Kier molecular flexibility index (Phi) is 5.65. The van der Waals surface area contributed by atoms with Gasteiger partial charge in [-0.05, 0) is 11.6 Å². The first kappa shape index (κ1) is 15.8. The maximum absolute atomic E-state index is 11.2. The van der Waals surface area contributed by atoms with Gasteiger partial charge in [0.25, 0.3) is 0 Å². The van der Waals surface area contributed by atoms with Gasteiger partial charge in [-0.25, -0.2) is 4.79 Å². The molecule has 1 fully saturated rings. The van der Waals surface area contributed by atoms with E-state index in [2.05, 4.69) is 23.3 Å². The topological polar surface area (TPSA) is 78.4 Å². The van der Waals surface area contributed by atoms with E-state index in [4.69, 9.17) is 0 Å². The van der Waals surface area contributed by atoms with E-state index in [1.165, 1.54) is 0 Å². The van der Waals surface area contributed by atoms with E-state index < -0.39 is 5.97 Å². The molecule has 1 aromatic rings. The molecule has 1 amide bonds. The van der Waals surface area contributed by atoms with Crippen LogP contribution in [0.15, 0.2) is 24.3 Å². The number of rotatable bonds is 4. The largest absolute Gasteiger partial charge is 0.478 e. The Morgan fingerprint density at radius 3 is 2.79 bits per heavy atom. The maximum Gasteiger partial charge on any atom is 0.335 e. The monoisotopic (exact) mass is 302 g/mol. The summed E-state index contributed by atoms with van der Waals surface area (Å²) >= 11 is 4.46. The van der Waals surface area contributed by atoms with Crippen molar-refractivity contribution in [3.05, 3.63) is 35.4 Å². The molecule has 0 radical (unpaired) electrons. The highest BCUT2D eigenvalue weighted by Gasteiger charge is 2.36. The van der Waals surface area contributed by atoms with Gasteiger partial charge in [0, 0.05) is 17.7 Å². The molecule has 0 spiro atoms. The fraction of sp³-hybridized carbons (Fsp3) is 0.333. The fourth-order valence-corrected chi connectivity index (χ4v) is 2.77. The van der Waals surface area contributed by atoms with Crippen molar-refractivity contribution in [1.29, 1.82) is 0 Å². The number of thiol groups is 1. The number of nitrogens with one attached hydrogen (secondary N) is 2. The van der Waals surface area contributed by atoms with Crippen LogP contribution in [0, 0.1) is 0 Å². The molecule has 7 heteroatoms. The van der Waals surface area contributed by atoms with Crippen LogP contribution < -0.4 is 10.6 Å². The van der Waals surface area contributed by atoms with Crippen LogP contribution in [0.3, 0.4) is 0 Å². The molecule has 2 rings (SSSR count). The minimum absolute atomic E-state index is 0. The normalized spacial score (nSPS) is 25.4. The number of aromatic carboxylic acids is 1. The third-order valence-corrected chi connectivity index (χ3v) is 3.62. The molecule has 104 valence electrons. The van der Waals surface area contributed by atoms with Crippen molar-refractivity contribution in [3.8, 4) is 0 Å². The van der Waals surface area contributed by atoms with Crippen LogP contribution in [0.2, 0.25) is 0 Å². The Balaban J connectivity index is 0.00000180. The summed E-state index contributed by atoms with van der Waals surface area (Å²) in [7, 11) is 0. The van der Waals surface area contributed by atoms with Crippen LogP contribution in [0.4, 0.5) is 0 Å². The number of carboxylic acids is 1. The second-order valence-corrected chi connectivity index (χ2v) is 4.82. The first-order valence-electron chi connectivity index (χ1n) is 5.58. The molecule has 5 nitrogen and oxygen atoms in total. The summed E-state index contributed by atoms with van der Waals surface area (Å²) < 4.78 is 0. The van der Waals surface area contributed by atoms with Gasteiger partial charge in [0.05, 0.1) is 11.7 Å².